The number of ether oxygens (including phenoxy) is 1. The number of rotatable bonds is 3. The van der Waals surface area contributed by atoms with E-state index in [1.807, 2.05) is 0 Å². The van der Waals surface area contributed by atoms with E-state index in [4.69, 9.17) is 10.00 Å². The van der Waals surface area contributed by atoms with Gasteiger partial charge in [0.2, 0.25) is 0 Å². The van der Waals surface area contributed by atoms with Crippen molar-refractivity contribution >= 4 is 5.97 Å². The van der Waals surface area contributed by atoms with Crippen molar-refractivity contribution in [3.05, 3.63) is 0 Å². The average Bonchev–Trinajstić information content (AvgIpc) is 2.59. The molecule has 0 spiro atoms. The summed E-state index contributed by atoms with van der Waals surface area (Å²) in [5, 5.41) is 8.83. The van der Waals surface area contributed by atoms with Crippen LogP contribution in [0.1, 0.15) is 32.6 Å². The van der Waals surface area contributed by atoms with Crippen molar-refractivity contribution in [2.24, 2.45) is 11.8 Å². The standard InChI is InChI=1S/C10H15NO2/c1-2-13-10(12)9(7-11)8-5-3-4-6-8/h8-9H,2-6H2,1H3/t9-/m1/s1. The summed E-state index contributed by atoms with van der Waals surface area (Å²) in [4.78, 5) is 11.3. The third kappa shape index (κ3) is 2.45. The van der Waals surface area contributed by atoms with E-state index in [2.05, 4.69) is 6.07 Å². The smallest absolute Gasteiger partial charge is 0.323 e. The van der Waals surface area contributed by atoms with E-state index in [9.17, 15) is 4.79 Å². The Bertz CT molecular complexity index is 213. The highest BCUT2D eigenvalue weighted by molar-refractivity contribution is 5.75. The first kappa shape index (κ1) is 10.0. The quantitative estimate of drug-likeness (QED) is 0.624. The summed E-state index contributed by atoms with van der Waals surface area (Å²) in [6.07, 6.45) is 4.28. The van der Waals surface area contributed by atoms with E-state index in [0.29, 0.717) is 6.61 Å². The fourth-order valence-corrected chi connectivity index (χ4v) is 1.87. The highest BCUT2D eigenvalue weighted by Crippen LogP contribution is 2.31. The molecule has 0 amide bonds. The van der Waals surface area contributed by atoms with Crippen molar-refractivity contribution in [2.75, 3.05) is 6.61 Å². The lowest BCUT2D eigenvalue weighted by Gasteiger charge is -2.13. The molecule has 1 aliphatic rings. The van der Waals surface area contributed by atoms with Crippen molar-refractivity contribution in [3.8, 4) is 6.07 Å². The molecule has 0 aromatic rings. The molecule has 0 bridgehead atoms. The van der Waals surface area contributed by atoms with E-state index < -0.39 is 5.92 Å². The van der Waals surface area contributed by atoms with Gasteiger partial charge in [-0.2, -0.15) is 5.26 Å². The Morgan fingerprint density at radius 1 is 1.62 bits per heavy atom. The normalized spacial score (nSPS) is 19.4. The van der Waals surface area contributed by atoms with Crippen LogP contribution in [-0.4, -0.2) is 12.6 Å². The number of esters is 1. The van der Waals surface area contributed by atoms with Crippen LogP contribution < -0.4 is 0 Å². The molecule has 13 heavy (non-hydrogen) atoms. The van der Waals surface area contributed by atoms with Gasteiger partial charge in [0, 0.05) is 0 Å². The van der Waals surface area contributed by atoms with Crippen LogP contribution in [0.25, 0.3) is 0 Å². The zero-order valence-corrected chi connectivity index (χ0v) is 7.95. The molecule has 0 aromatic heterocycles. The molecule has 3 heteroatoms. The molecule has 0 heterocycles. The van der Waals surface area contributed by atoms with Gasteiger partial charge in [-0.05, 0) is 25.7 Å². The SMILES string of the molecule is CCOC(=O)[C@H](C#N)C1CCCC1. The van der Waals surface area contributed by atoms with E-state index in [1.54, 1.807) is 6.92 Å². The summed E-state index contributed by atoms with van der Waals surface area (Å²) < 4.78 is 4.85. The van der Waals surface area contributed by atoms with E-state index in [1.165, 1.54) is 0 Å². The van der Waals surface area contributed by atoms with Gasteiger partial charge >= 0.3 is 5.97 Å². The topological polar surface area (TPSA) is 50.1 Å². The molecule has 0 radical (unpaired) electrons. The number of hydrogen-bond donors (Lipinski definition) is 0. The largest absolute Gasteiger partial charge is 0.465 e. The number of nitriles is 1. The monoisotopic (exact) mass is 181 g/mol. The number of hydrogen-bond acceptors (Lipinski definition) is 3. The fraction of sp³-hybridized carbons (Fsp3) is 0.800. The van der Waals surface area contributed by atoms with Gasteiger partial charge in [0.15, 0.2) is 0 Å². The van der Waals surface area contributed by atoms with Crippen LogP contribution in [0.4, 0.5) is 0 Å². The van der Waals surface area contributed by atoms with Gasteiger partial charge in [-0.15, -0.1) is 0 Å². The van der Waals surface area contributed by atoms with E-state index >= 15 is 0 Å². The third-order valence-corrected chi connectivity index (χ3v) is 2.55. The summed E-state index contributed by atoms with van der Waals surface area (Å²) in [5.74, 6) is -0.622. The third-order valence-electron chi connectivity index (χ3n) is 2.55. The second-order valence-electron chi connectivity index (χ2n) is 3.40. The minimum absolute atomic E-state index is 0.240. The molecule has 0 saturated heterocycles. The molecule has 1 saturated carbocycles. The van der Waals surface area contributed by atoms with Crippen LogP contribution in [0.2, 0.25) is 0 Å². The van der Waals surface area contributed by atoms with Crippen LogP contribution in [-0.2, 0) is 9.53 Å². The molecule has 0 aromatic carbocycles. The Balaban J connectivity index is 2.51. The predicted molar refractivity (Wildman–Crippen MR) is 47.7 cm³/mol. The van der Waals surface area contributed by atoms with Crippen molar-refractivity contribution < 1.29 is 9.53 Å². The van der Waals surface area contributed by atoms with Crippen LogP contribution in [0, 0.1) is 23.2 Å². The second-order valence-corrected chi connectivity index (χ2v) is 3.40. The van der Waals surface area contributed by atoms with Gasteiger partial charge in [-0.1, -0.05) is 12.8 Å². The molecular weight excluding hydrogens is 166 g/mol. The van der Waals surface area contributed by atoms with Crippen LogP contribution in [0.3, 0.4) is 0 Å². The molecule has 1 fully saturated rings. The second kappa shape index (κ2) is 4.86. The fourth-order valence-electron chi connectivity index (χ4n) is 1.87. The molecule has 0 unspecified atom stereocenters. The average molecular weight is 181 g/mol. The molecule has 1 aliphatic carbocycles. The zero-order chi connectivity index (χ0) is 9.68. The number of carbonyl (C=O) groups is 1. The van der Waals surface area contributed by atoms with Gasteiger partial charge < -0.3 is 4.74 Å². The van der Waals surface area contributed by atoms with Gasteiger partial charge in [-0.25, -0.2) is 0 Å². The van der Waals surface area contributed by atoms with Gasteiger partial charge in [0.25, 0.3) is 0 Å². The lowest BCUT2D eigenvalue weighted by Crippen LogP contribution is -2.22. The van der Waals surface area contributed by atoms with Gasteiger partial charge in [-0.3, -0.25) is 4.79 Å². The van der Waals surface area contributed by atoms with Gasteiger partial charge in [0.05, 0.1) is 12.7 Å². The first-order chi connectivity index (χ1) is 6.29. The Labute approximate surface area is 78.7 Å². The molecular formula is C10H15NO2. The summed E-state index contributed by atoms with van der Waals surface area (Å²) in [6, 6.07) is 2.05. The van der Waals surface area contributed by atoms with Crippen molar-refractivity contribution in [1.29, 1.82) is 5.26 Å². The minimum atomic E-state index is -0.526. The molecule has 1 rings (SSSR count). The van der Waals surface area contributed by atoms with Crippen LogP contribution in [0.5, 0.6) is 0 Å². The van der Waals surface area contributed by atoms with E-state index in [-0.39, 0.29) is 11.9 Å². The maximum atomic E-state index is 11.3. The molecule has 3 nitrogen and oxygen atoms in total. The number of carbonyl (C=O) groups excluding carboxylic acids is 1. The number of nitrogens with zero attached hydrogens (tertiary/aromatic N) is 1. The lowest BCUT2D eigenvalue weighted by atomic mass is 9.92. The Morgan fingerprint density at radius 3 is 2.69 bits per heavy atom. The Kier molecular flexibility index (Phi) is 3.75. The van der Waals surface area contributed by atoms with E-state index in [0.717, 1.165) is 25.7 Å². The van der Waals surface area contributed by atoms with Gasteiger partial charge in [0.1, 0.15) is 5.92 Å². The predicted octanol–water partition coefficient (Wildman–Crippen LogP) is 1.88. The summed E-state index contributed by atoms with van der Waals surface area (Å²) in [6.45, 7) is 2.13. The van der Waals surface area contributed by atoms with Crippen LogP contribution >= 0.6 is 0 Å². The summed E-state index contributed by atoms with van der Waals surface area (Å²) >= 11 is 0. The highest BCUT2D eigenvalue weighted by atomic mass is 16.5. The molecule has 0 N–H and O–H groups in total. The molecule has 1 atom stereocenters. The first-order valence-electron chi connectivity index (χ1n) is 4.85. The minimum Gasteiger partial charge on any atom is -0.465 e. The maximum absolute atomic E-state index is 11.3. The Hall–Kier alpha value is -1.04. The zero-order valence-electron chi connectivity index (χ0n) is 7.95. The van der Waals surface area contributed by atoms with Crippen LogP contribution in [0.15, 0.2) is 0 Å². The van der Waals surface area contributed by atoms with Crippen molar-refractivity contribution in [3.63, 3.8) is 0 Å². The lowest BCUT2D eigenvalue weighted by molar-refractivity contribution is -0.147. The van der Waals surface area contributed by atoms with Crippen molar-refractivity contribution in [2.45, 2.75) is 32.6 Å². The summed E-state index contributed by atoms with van der Waals surface area (Å²) in [5.41, 5.74) is 0. The highest BCUT2D eigenvalue weighted by Gasteiger charge is 2.31. The van der Waals surface area contributed by atoms with Crippen molar-refractivity contribution in [1.82, 2.24) is 0 Å². The summed E-state index contributed by atoms with van der Waals surface area (Å²) in [7, 11) is 0. The first-order valence-corrected chi connectivity index (χ1v) is 4.85. The maximum Gasteiger partial charge on any atom is 0.323 e. The molecule has 0 aliphatic heterocycles. The Morgan fingerprint density at radius 2 is 2.23 bits per heavy atom. The molecule has 72 valence electrons.